The Balaban J connectivity index is 4.32. The normalized spacial score (nSPS) is 13.8. The summed E-state index contributed by atoms with van der Waals surface area (Å²) in [4.78, 5) is 20.7. The minimum atomic E-state index is -4.49. The van der Waals surface area contributed by atoms with Crippen molar-refractivity contribution < 1.29 is 23.9 Å². The van der Waals surface area contributed by atoms with Crippen molar-refractivity contribution in [1.82, 2.24) is 0 Å². The number of allylic oxidation sites excluding steroid dienone is 4. The summed E-state index contributed by atoms with van der Waals surface area (Å²) in [7, 11) is 0.921. The molecule has 0 aromatic rings. The number of rotatable bonds is 35. The summed E-state index contributed by atoms with van der Waals surface area (Å²) in [6.07, 6.45) is 44.6. The molecule has 0 aliphatic rings. The largest absolute Gasteiger partial charge is 0.385 e. The standard InChI is InChI=1S/C41H82NO4P/c1-6-8-10-12-14-16-18-20-22-24-26-28-30-32-34-36-38-41(43,40(42(3,4)5)47(44,45)46)39-37-35-33-31-29-27-25-23-21-19-17-15-13-11-9-7-2/h20-23,40,43H,6-19,24-39H2,1-5H3,(H-,44,45,46)/p+1/b22-20-,23-21-. The Morgan fingerprint density at radius 2 is 0.745 bits per heavy atom. The third-order valence-corrected chi connectivity index (χ3v) is 11.6. The van der Waals surface area contributed by atoms with Crippen molar-refractivity contribution in [1.29, 1.82) is 0 Å². The van der Waals surface area contributed by atoms with Crippen LogP contribution in [-0.2, 0) is 4.57 Å². The highest BCUT2D eigenvalue weighted by molar-refractivity contribution is 7.52. The number of unbranched alkanes of at least 4 members (excludes halogenated alkanes) is 24. The third-order valence-electron chi connectivity index (χ3n) is 9.78. The van der Waals surface area contributed by atoms with Gasteiger partial charge in [-0.15, -0.1) is 0 Å². The second kappa shape index (κ2) is 30.4. The molecule has 5 nitrogen and oxygen atoms in total. The average Bonchev–Trinajstić information content (AvgIpc) is 2.99. The molecule has 0 bridgehead atoms. The number of nitrogens with zero attached hydrogens (tertiary/aromatic N) is 1. The van der Waals surface area contributed by atoms with Crippen molar-refractivity contribution in [2.75, 3.05) is 21.1 Å². The Hall–Kier alpha value is -0.450. The molecule has 0 aliphatic heterocycles. The van der Waals surface area contributed by atoms with E-state index in [9.17, 15) is 19.5 Å². The molecule has 6 heteroatoms. The maximum absolute atomic E-state index is 12.7. The SMILES string of the molecule is CCCCCCCC/C=C\CCCCCCCCC(O)(CCCCCCCC/C=C\CCCCCCCC)C([N+](C)(C)C)P(=O)(O)O. The van der Waals surface area contributed by atoms with E-state index in [1.165, 1.54) is 141 Å². The van der Waals surface area contributed by atoms with Crippen LogP contribution in [0.25, 0.3) is 0 Å². The lowest BCUT2D eigenvalue weighted by Crippen LogP contribution is -2.58. The monoisotopic (exact) mass is 685 g/mol. The van der Waals surface area contributed by atoms with E-state index in [-0.39, 0.29) is 4.48 Å². The highest BCUT2D eigenvalue weighted by Gasteiger charge is 2.54. The predicted octanol–water partition coefficient (Wildman–Crippen LogP) is 12.8. The van der Waals surface area contributed by atoms with Gasteiger partial charge in [0.05, 0.1) is 21.1 Å². The van der Waals surface area contributed by atoms with E-state index in [1.807, 2.05) is 0 Å². The van der Waals surface area contributed by atoms with Crippen LogP contribution in [-0.4, -0.2) is 51.9 Å². The van der Waals surface area contributed by atoms with Crippen LogP contribution in [0.1, 0.15) is 206 Å². The van der Waals surface area contributed by atoms with Crippen LogP contribution < -0.4 is 0 Å². The van der Waals surface area contributed by atoms with Gasteiger partial charge in [-0.2, -0.15) is 0 Å². The molecule has 280 valence electrons. The Morgan fingerprint density at radius 1 is 0.489 bits per heavy atom. The fraction of sp³-hybridized carbons (Fsp3) is 0.902. The maximum atomic E-state index is 12.7. The molecule has 0 spiro atoms. The average molecular weight is 685 g/mol. The van der Waals surface area contributed by atoms with E-state index < -0.39 is 19.0 Å². The predicted molar refractivity (Wildman–Crippen MR) is 207 cm³/mol. The summed E-state index contributed by atoms with van der Waals surface area (Å²) < 4.78 is 12.7. The molecule has 0 radical (unpaired) electrons. The first kappa shape index (κ1) is 46.5. The second-order valence-corrected chi connectivity index (χ2v) is 17.2. The minimum Gasteiger partial charge on any atom is -0.383 e. The molecule has 0 fully saturated rings. The van der Waals surface area contributed by atoms with Gasteiger partial charge in [0.1, 0.15) is 5.60 Å². The Labute approximate surface area is 294 Å². The zero-order valence-corrected chi connectivity index (χ0v) is 33.1. The molecule has 0 rings (SSSR count). The highest BCUT2D eigenvalue weighted by atomic mass is 31.2. The maximum Gasteiger partial charge on any atom is 0.385 e. The van der Waals surface area contributed by atoms with Gasteiger partial charge in [-0.25, -0.2) is 0 Å². The van der Waals surface area contributed by atoms with E-state index in [1.54, 1.807) is 21.1 Å². The van der Waals surface area contributed by atoms with Gasteiger partial charge in [0, 0.05) is 0 Å². The fourth-order valence-corrected chi connectivity index (χ4v) is 9.01. The van der Waals surface area contributed by atoms with Crippen molar-refractivity contribution in [3.63, 3.8) is 0 Å². The van der Waals surface area contributed by atoms with Crippen molar-refractivity contribution >= 4 is 7.60 Å². The lowest BCUT2D eigenvalue weighted by molar-refractivity contribution is -0.890. The molecule has 1 atom stereocenters. The second-order valence-electron chi connectivity index (χ2n) is 15.6. The molecule has 0 amide bonds. The Bertz CT molecular complexity index is 743. The zero-order valence-electron chi connectivity index (χ0n) is 32.2. The first-order valence-electron chi connectivity index (χ1n) is 20.4. The molecule has 0 aromatic heterocycles. The van der Waals surface area contributed by atoms with Crippen molar-refractivity contribution in [3.05, 3.63) is 24.3 Å². The van der Waals surface area contributed by atoms with Crippen LogP contribution in [0.4, 0.5) is 0 Å². The van der Waals surface area contributed by atoms with E-state index >= 15 is 0 Å². The number of aliphatic hydroxyl groups is 1. The lowest BCUT2D eigenvalue weighted by atomic mass is 9.88. The summed E-state index contributed by atoms with van der Waals surface area (Å²) in [6, 6.07) is 0. The Morgan fingerprint density at radius 3 is 1.00 bits per heavy atom. The van der Waals surface area contributed by atoms with Gasteiger partial charge in [0.2, 0.25) is 5.78 Å². The molecule has 0 saturated carbocycles. The van der Waals surface area contributed by atoms with Crippen molar-refractivity contribution in [3.8, 4) is 0 Å². The quantitative estimate of drug-likeness (QED) is 0.0269. The van der Waals surface area contributed by atoms with Crippen LogP contribution in [0.3, 0.4) is 0 Å². The topological polar surface area (TPSA) is 77.8 Å². The lowest BCUT2D eigenvalue weighted by Gasteiger charge is -2.44. The van der Waals surface area contributed by atoms with Crippen molar-refractivity contribution in [2.45, 2.75) is 218 Å². The number of likely N-dealkylation sites (N-methyl/N-ethyl adjacent to an activating group) is 1. The van der Waals surface area contributed by atoms with Crippen molar-refractivity contribution in [2.24, 2.45) is 0 Å². The van der Waals surface area contributed by atoms with Crippen LogP contribution in [0.5, 0.6) is 0 Å². The smallest absolute Gasteiger partial charge is 0.383 e. The van der Waals surface area contributed by atoms with E-state index in [0.717, 1.165) is 38.5 Å². The van der Waals surface area contributed by atoms with Gasteiger partial charge >= 0.3 is 7.60 Å². The summed E-state index contributed by atoms with van der Waals surface area (Å²) in [5.74, 6) is -1.10. The van der Waals surface area contributed by atoms with E-state index in [2.05, 4.69) is 38.2 Å². The first-order chi connectivity index (χ1) is 22.5. The first-order valence-corrected chi connectivity index (χ1v) is 22.1. The summed E-state index contributed by atoms with van der Waals surface area (Å²) in [5, 5.41) is 11.8. The molecule has 1 unspecified atom stereocenters. The molecule has 0 saturated heterocycles. The molecular formula is C41H83NO4P+. The van der Waals surface area contributed by atoms with Crippen LogP contribution in [0.2, 0.25) is 0 Å². The van der Waals surface area contributed by atoms with Crippen LogP contribution in [0.15, 0.2) is 24.3 Å². The summed E-state index contributed by atoms with van der Waals surface area (Å²) in [6.45, 7) is 4.53. The van der Waals surface area contributed by atoms with Crippen LogP contribution >= 0.6 is 7.60 Å². The minimum absolute atomic E-state index is 0.0690. The molecular weight excluding hydrogens is 601 g/mol. The van der Waals surface area contributed by atoms with E-state index in [0.29, 0.717) is 12.8 Å². The van der Waals surface area contributed by atoms with E-state index in [4.69, 9.17) is 0 Å². The zero-order chi connectivity index (χ0) is 35.1. The molecule has 0 heterocycles. The van der Waals surface area contributed by atoms with Gasteiger partial charge in [0.15, 0.2) is 0 Å². The summed E-state index contributed by atoms with van der Waals surface area (Å²) >= 11 is 0. The number of hydrogen-bond acceptors (Lipinski definition) is 2. The number of hydrogen-bond donors (Lipinski definition) is 3. The highest BCUT2D eigenvalue weighted by Crippen LogP contribution is 2.52. The molecule has 47 heavy (non-hydrogen) atoms. The Kier molecular flexibility index (Phi) is 30.1. The van der Waals surface area contributed by atoms with Gasteiger partial charge < -0.3 is 19.4 Å². The molecule has 0 aliphatic carbocycles. The van der Waals surface area contributed by atoms with Gasteiger partial charge in [0.25, 0.3) is 0 Å². The van der Waals surface area contributed by atoms with Gasteiger partial charge in [-0.05, 0) is 64.2 Å². The fourth-order valence-electron chi connectivity index (χ4n) is 7.23. The van der Waals surface area contributed by atoms with Crippen LogP contribution in [0, 0.1) is 0 Å². The third kappa shape index (κ3) is 28.0. The molecule has 0 aromatic carbocycles. The molecule has 3 N–H and O–H groups in total. The van der Waals surface area contributed by atoms with Gasteiger partial charge in [-0.1, -0.05) is 167 Å². The number of quaternary nitrogens is 1. The summed E-state index contributed by atoms with van der Waals surface area (Å²) in [5.41, 5.74) is -1.35. The van der Waals surface area contributed by atoms with Gasteiger partial charge in [-0.3, -0.25) is 4.57 Å².